The van der Waals surface area contributed by atoms with E-state index in [1.54, 1.807) is 19.1 Å². The van der Waals surface area contributed by atoms with Crippen LogP contribution in [0.1, 0.15) is 5.56 Å². The van der Waals surface area contributed by atoms with Crippen LogP contribution in [0.5, 0.6) is 0 Å². The van der Waals surface area contributed by atoms with Gasteiger partial charge in [0, 0.05) is 10.7 Å². The fraction of sp³-hybridized carbons (Fsp3) is 0.0833. The number of halogens is 2. The standard InChI is InChI=1S/C12H10BrClN2O3S/c1-7-2-3-8(13)4-11(7)16-20(18,19)9-5-10(14)12(17)15-6-9/h2-6,16H,1H3,(H,15,17). The monoisotopic (exact) mass is 376 g/mol. The Hall–Kier alpha value is -1.31. The molecule has 2 rings (SSSR count). The van der Waals surface area contributed by atoms with Gasteiger partial charge in [0.15, 0.2) is 0 Å². The molecule has 1 aromatic carbocycles. The molecule has 0 fully saturated rings. The van der Waals surface area contributed by atoms with E-state index in [-0.39, 0.29) is 9.92 Å². The minimum absolute atomic E-state index is 0.110. The highest BCUT2D eigenvalue weighted by molar-refractivity contribution is 9.10. The van der Waals surface area contributed by atoms with E-state index in [9.17, 15) is 13.2 Å². The number of aromatic amines is 1. The summed E-state index contributed by atoms with van der Waals surface area (Å²) in [6.45, 7) is 1.78. The van der Waals surface area contributed by atoms with Crippen LogP contribution in [-0.2, 0) is 10.0 Å². The lowest BCUT2D eigenvalue weighted by Gasteiger charge is -2.11. The van der Waals surface area contributed by atoms with Crippen molar-refractivity contribution in [1.82, 2.24) is 4.98 Å². The van der Waals surface area contributed by atoms with Crippen LogP contribution in [0.3, 0.4) is 0 Å². The largest absolute Gasteiger partial charge is 0.326 e. The molecule has 0 spiro atoms. The van der Waals surface area contributed by atoms with Gasteiger partial charge in [-0.1, -0.05) is 33.6 Å². The first kappa shape index (κ1) is 15.1. The van der Waals surface area contributed by atoms with Crippen molar-refractivity contribution in [2.45, 2.75) is 11.8 Å². The van der Waals surface area contributed by atoms with Crippen LogP contribution >= 0.6 is 27.5 Å². The molecule has 0 saturated heterocycles. The Morgan fingerprint density at radius 2 is 2.00 bits per heavy atom. The highest BCUT2D eigenvalue weighted by atomic mass is 79.9. The SMILES string of the molecule is Cc1ccc(Br)cc1NS(=O)(=O)c1c[nH]c(=O)c(Cl)c1. The molecule has 20 heavy (non-hydrogen) atoms. The van der Waals surface area contributed by atoms with Gasteiger partial charge < -0.3 is 4.98 Å². The molecule has 0 atom stereocenters. The van der Waals surface area contributed by atoms with Gasteiger partial charge in [0.1, 0.15) is 9.92 Å². The van der Waals surface area contributed by atoms with Gasteiger partial charge in [0.2, 0.25) is 0 Å². The summed E-state index contributed by atoms with van der Waals surface area (Å²) in [5.74, 6) is 0. The molecular weight excluding hydrogens is 368 g/mol. The fourth-order valence-corrected chi connectivity index (χ4v) is 3.21. The van der Waals surface area contributed by atoms with Crippen molar-refractivity contribution in [3.63, 3.8) is 0 Å². The Morgan fingerprint density at radius 3 is 2.65 bits per heavy atom. The maximum Gasteiger partial charge on any atom is 0.266 e. The fourth-order valence-electron chi connectivity index (χ4n) is 1.50. The highest BCUT2D eigenvalue weighted by Gasteiger charge is 2.17. The number of rotatable bonds is 3. The van der Waals surface area contributed by atoms with Crippen molar-refractivity contribution in [3.05, 3.63) is 55.9 Å². The number of nitrogens with one attached hydrogen (secondary N) is 2. The van der Waals surface area contributed by atoms with Gasteiger partial charge in [-0.25, -0.2) is 8.42 Å². The number of benzene rings is 1. The first-order chi connectivity index (χ1) is 9.29. The summed E-state index contributed by atoms with van der Waals surface area (Å²) in [5, 5.41) is -0.182. The highest BCUT2D eigenvalue weighted by Crippen LogP contribution is 2.23. The summed E-state index contributed by atoms with van der Waals surface area (Å²) in [6.07, 6.45) is 1.10. The van der Waals surface area contributed by atoms with E-state index < -0.39 is 15.6 Å². The number of H-pyrrole nitrogens is 1. The normalized spacial score (nSPS) is 11.3. The second kappa shape index (κ2) is 5.59. The molecule has 1 aromatic heterocycles. The minimum Gasteiger partial charge on any atom is -0.326 e. The van der Waals surface area contributed by atoms with Crippen LogP contribution in [0.15, 0.2) is 44.6 Å². The number of hydrogen-bond acceptors (Lipinski definition) is 3. The maximum atomic E-state index is 12.2. The molecule has 2 N–H and O–H groups in total. The predicted octanol–water partition coefficient (Wildman–Crippen LogP) is 2.90. The van der Waals surface area contributed by atoms with Crippen molar-refractivity contribution >= 4 is 43.2 Å². The van der Waals surface area contributed by atoms with E-state index in [4.69, 9.17) is 11.6 Å². The molecule has 5 nitrogen and oxygen atoms in total. The predicted molar refractivity (Wildman–Crippen MR) is 81.8 cm³/mol. The van der Waals surface area contributed by atoms with E-state index in [0.29, 0.717) is 5.69 Å². The zero-order valence-corrected chi connectivity index (χ0v) is 13.4. The quantitative estimate of drug-likeness (QED) is 0.863. The van der Waals surface area contributed by atoms with Gasteiger partial charge in [0.25, 0.3) is 15.6 Å². The number of pyridine rings is 1. The molecule has 0 bridgehead atoms. The number of aromatic nitrogens is 1. The Kier molecular flexibility index (Phi) is 4.22. The Balaban J connectivity index is 2.43. The van der Waals surface area contributed by atoms with E-state index in [1.165, 1.54) is 0 Å². The van der Waals surface area contributed by atoms with Crippen molar-refractivity contribution in [2.75, 3.05) is 4.72 Å². The first-order valence-electron chi connectivity index (χ1n) is 5.47. The molecule has 0 amide bonds. The van der Waals surface area contributed by atoms with Crippen LogP contribution in [0.25, 0.3) is 0 Å². The van der Waals surface area contributed by atoms with Gasteiger partial charge >= 0.3 is 0 Å². The molecule has 106 valence electrons. The second-order valence-corrected chi connectivity index (χ2v) is 7.08. The molecule has 0 radical (unpaired) electrons. The van der Waals surface area contributed by atoms with Gasteiger partial charge in [-0.05, 0) is 30.7 Å². The van der Waals surface area contributed by atoms with Gasteiger partial charge in [-0.2, -0.15) is 0 Å². The molecular formula is C12H10BrClN2O3S. The molecule has 0 aliphatic rings. The average Bonchev–Trinajstić information content (AvgIpc) is 2.36. The molecule has 2 aromatic rings. The molecule has 0 saturated carbocycles. The van der Waals surface area contributed by atoms with Gasteiger partial charge in [-0.3, -0.25) is 9.52 Å². The molecule has 0 aliphatic heterocycles. The van der Waals surface area contributed by atoms with Crippen molar-refractivity contribution < 1.29 is 8.42 Å². The van der Waals surface area contributed by atoms with E-state index in [0.717, 1.165) is 22.3 Å². The lowest BCUT2D eigenvalue weighted by atomic mass is 10.2. The van der Waals surface area contributed by atoms with Crippen molar-refractivity contribution in [2.24, 2.45) is 0 Å². The lowest BCUT2D eigenvalue weighted by molar-refractivity contribution is 0.600. The summed E-state index contributed by atoms with van der Waals surface area (Å²) >= 11 is 8.91. The number of anilines is 1. The minimum atomic E-state index is -3.82. The molecule has 0 unspecified atom stereocenters. The first-order valence-corrected chi connectivity index (χ1v) is 8.12. The van der Waals surface area contributed by atoms with Crippen LogP contribution in [0.2, 0.25) is 5.02 Å². The number of sulfonamides is 1. The molecule has 1 heterocycles. The average molecular weight is 378 g/mol. The van der Waals surface area contributed by atoms with Gasteiger partial charge in [0.05, 0.1) is 5.69 Å². The Morgan fingerprint density at radius 1 is 1.30 bits per heavy atom. The van der Waals surface area contributed by atoms with Crippen LogP contribution in [-0.4, -0.2) is 13.4 Å². The third-order valence-electron chi connectivity index (χ3n) is 2.59. The third kappa shape index (κ3) is 3.23. The van der Waals surface area contributed by atoms with Gasteiger partial charge in [-0.15, -0.1) is 0 Å². The second-order valence-electron chi connectivity index (χ2n) is 4.08. The summed E-state index contributed by atoms with van der Waals surface area (Å²) < 4.78 is 27.6. The van der Waals surface area contributed by atoms with E-state index in [2.05, 4.69) is 25.6 Å². The van der Waals surface area contributed by atoms with Crippen molar-refractivity contribution in [3.8, 4) is 0 Å². The smallest absolute Gasteiger partial charge is 0.266 e. The summed E-state index contributed by atoms with van der Waals surface area (Å²) in [7, 11) is -3.82. The Labute approximate surface area is 129 Å². The third-order valence-corrected chi connectivity index (χ3v) is 4.70. The van der Waals surface area contributed by atoms with Crippen LogP contribution in [0.4, 0.5) is 5.69 Å². The molecule has 0 aliphatic carbocycles. The zero-order chi connectivity index (χ0) is 14.9. The number of hydrogen-bond donors (Lipinski definition) is 2. The number of aryl methyl sites for hydroxylation is 1. The van der Waals surface area contributed by atoms with Crippen LogP contribution < -0.4 is 10.3 Å². The Bertz CT molecular complexity index is 818. The lowest BCUT2D eigenvalue weighted by Crippen LogP contribution is -2.16. The summed E-state index contributed by atoms with van der Waals surface area (Å²) in [6, 6.07) is 6.35. The summed E-state index contributed by atoms with van der Waals surface area (Å²) in [5.41, 5.74) is 0.679. The molecule has 8 heteroatoms. The van der Waals surface area contributed by atoms with Crippen molar-refractivity contribution in [1.29, 1.82) is 0 Å². The van der Waals surface area contributed by atoms with E-state index in [1.807, 2.05) is 6.07 Å². The summed E-state index contributed by atoms with van der Waals surface area (Å²) in [4.78, 5) is 13.3. The van der Waals surface area contributed by atoms with E-state index >= 15 is 0 Å². The maximum absolute atomic E-state index is 12.2. The topological polar surface area (TPSA) is 79.0 Å². The van der Waals surface area contributed by atoms with Crippen LogP contribution in [0, 0.1) is 6.92 Å². The zero-order valence-electron chi connectivity index (χ0n) is 10.3.